The number of para-hydroxylation sites is 2. The zero-order valence-electron chi connectivity index (χ0n) is 21.7. The molecule has 37 heavy (non-hydrogen) atoms. The Labute approximate surface area is 220 Å². The van der Waals surface area contributed by atoms with Gasteiger partial charge in [-0.2, -0.15) is 13.1 Å². The zero-order valence-corrected chi connectivity index (χ0v) is 22.5. The number of fused-ring (bicyclic) bond motifs is 3. The monoisotopic (exact) mass is 521 g/mol. The molecule has 4 atom stereocenters. The van der Waals surface area contributed by atoms with Gasteiger partial charge in [0, 0.05) is 30.7 Å². The van der Waals surface area contributed by atoms with Crippen molar-refractivity contribution in [2.75, 3.05) is 13.1 Å². The average Bonchev–Trinajstić information content (AvgIpc) is 3.32. The third-order valence-electron chi connectivity index (χ3n) is 8.95. The fourth-order valence-corrected chi connectivity index (χ4v) is 8.04. The minimum Gasteiger partial charge on any atom is -0.325 e. The molecule has 0 spiro atoms. The highest BCUT2D eigenvalue weighted by Crippen LogP contribution is 2.42. The summed E-state index contributed by atoms with van der Waals surface area (Å²) in [4.78, 5) is 7.55. The Morgan fingerprint density at radius 1 is 0.946 bits per heavy atom. The van der Waals surface area contributed by atoms with E-state index in [9.17, 15) is 8.42 Å². The first-order valence-corrected chi connectivity index (χ1v) is 15.5. The molecule has 2 N–H and O–H groups in total. The predicted molar refractivity (Wildman–Crippen MR) is 148 cm³/mol. The van der Waals surface area contributed by atoms with Crippen molar-refractivity contribution in [3.8, 4) is 0 Å². The lowest BCUT2D eigenvalue weighted by atomic mass is 9.93. The van der Waals surface area contributed by atoms with Crippen LogP contribution in [0.2, 0.25) is 0 Å². The van der Waals surface area contributed by atoms with E-state index in [1.54, 1.807) is 0 Å². The van der Waals surface area contributed by atoms with Crippen molar-refractivity contribution in [2.45, 2.75) is 88.4 Å². The second kappa shape index (κ2) is 10.5. The van der Waals surface area contributed by atoms with Gasteiger partial charge in [0.05, 0.1) is 11.0 Å². The average molecular weight is 522 g/mol. The van der Waals surface area contributed by atoms with Crippen LogP contribution in [0.15, 0.2) is 54.6 Å². The number of hydrogen-bond donors (Lipinski definition) is 2. The predicted octanol–water partition coefficient (Wildman–Crippen LogP) is 4.66. The van der Waals surface area contributed by atoms with E-state index >= 15 is 0 Å². The molecule has 2 bridgehead atoms. The van der Waals surface area contributed by atoms with E-state index in [2.05, 4.69) is 74.4 Å². The van der Waals surface area contributed by atoms with Gasteiger partial charge in [0.2, 0.25) is 0 Å². The van der Waals surface area contributed by atoms with Gasteiger partial charge in [-0.15, -0.1) is 0 Å². The first-order chi connectivity index (χ1) is 18.0. The van der Waals surface area contributed by atoms with Crippen molar-refractivity contribution in [1.82, 2.24) is 23.9 Å². The summed E-state index contributed by atoms with van der Waals surface area (Å²) >= 11 is 0. The maximum absolute atomic E-state index is 12.6. The largest absolute Gasteiger partial charge is 0.325 e. The van der Waals surface area contributed by atoms with Crippen molar-refractivity contribution >= 4 is 21.2 Å². The highest BCUT2D eigenvalue weighted by molar-refractivity contribution is 7.87. The van der Waals surface area contributed by atoms with Crippen LogP contribution in [0, 0.1) is 6.92 Å². The Morgan fingerprint density at radius 3 is 2.35 bits per heavy atom. The van der Waals surface area contributed by atoms with Crippen LogP contribution >= 0.6 is 0 Å². The Balaban J connectivity index is 1.12. The number of nitrogens with zero attached hydrogens (tertiary/aromatic N) is 3. The molecule has 0 amide bonds. The van der Waals surface area contributed by atoms with Gasteiger partial charge in [0.1, 0.15) is 5.82 Å². The normalized spacial score (nSPS) is 25.4. The van der Waals surface area contributed by atoms with Crippen LogP contribution in [0.1, 0.15) is 74.7 Å². The summed E-state index contributed by atoms with van der Waals surface area (Å²) in [6.45, 7) is 3.57. The van der Waals surface area contributed by atoms with Crippen LogP contribution in [0.5, 0.6) is 0 Å². The third-order valence-corrected chi connectivity index (χ3v) is 10.1. The second-order valence-electron chi connectivity index (χ2n) is 11.3. The van der Waals surface area contributed by atoms with Gasteiger partial charge < -0.3 is 4.57 Å². The molecule has 3 aliphatic rings. The molecule has 2 aromatic carbocycles. The van der Waals surface area contributed by atoms with Crippen molar-refractivity contribution in [2.24, 2.45) is 0 Å². The Kier molecular flexibility index (Phi) is 7.09. The van der Waals surface area contributed by atoms with Crippen molar-refractivity contribution in [3.05, 3.63) is 66.0 Å². The van der Waals surface area contributed by atoms with Gasteiger partial charge in [-0.1, -0.05) is 48.9 Å². The molecule has 0 radical (unpaired) electrons. The summed E-state index contributed by atoms with van der Waals surface area (Å²) in [5.74, 6) is 1.27. The van der Waals surface area contributed by atoms with Crippen molar-refractivity contribution in [3.63, 3.8) is 0 Å². The molecule has 2 unspecified atom stereocenters. The molecule has 198 valence electrons. The first kappa shape index (κ1) is 25.0. The molecule has 6 rings (SSSR count). The molecule has 1 saturated carbocycles. The van der Waals surface area contributed by atoms with E-state index in [0.717, 1.165) is 56.4 Å². The fraction of sp³-hybridized carbons (Fsp3) is 0.552. The maximum atomic E-state index is 12.6. The molecule has 2 saturated heterocycles. The van der Waals surface area contributed by atoms with Gasteiger partial charge in [-0.3, -0.25) is 4.90 Å². The van der Waals surface area contributed by atoms with E-state index in [0.29, 0.717) is 24.7 Å². The van der Waals surface area contributed by atoms with Crippen LogP contribution in [-0.2, 0) is 10.2 Å². The Hall–Kier alpha value is -2.26. The zero-order chi connectivity index (χ0) is 25.4. The molecule has 8 heteroatoms. The number of benzene rings is 2. The van der Waals surface area contributed by atoms with Crippen LogP contribution in [0.4, 0.5) is 0 Å². The van der Waals surface area contributed by atoms with E-state index < -0.39 is 10.2 Å². The summed E-state index contributed by atoms with van der Waals surface area (Å²) in [6.07, 6.45) is 8.75. The lowest BCUT2D eigenvalue weighted by molar-refractivity contribution is 0.104. The molecule has 7 nitrogen and oxygen atoms in total. The van der Waals surface area contributed by atoms with Crippen molar-refractivity contribution < 1.29 is 8.42 Å². The number of nitrogens with one attached hydrogen (secondary N) is 2. The number of aromatic nitrogens is 2. The lowest BCUT2D eigenvalue weighted by Gasteiger charge is -2.40. The number of rotatable bonds is 10. The quantitative estimate of drug-likeness (QED) is 0.407. The van der Waals surface area contributed by atoms with E-state index in [1.807, 2.05) is 6.07 Å². The number of aryl methyl sites for hydroxylation is 1. The van der Waals surface area contributed by atoms with Gasteiger partial charge >= 0.3 is 0 Å². The van der Waals surface area contributed by atoms with Crippen LogP contribution in [0.25, 0.3) is 11.0 Å². The molecular formula is C29H39N5O2S. The van der Waals surface area contributed by atoms with Crippen molar-refractivity contribution in [1.29, 1.82) is 0 Å². The van der Waals surface area contributed by atoms with Gasteiger partial charge in [-0.25, -0.2) is 9.71 Å². The summed E-state index contributed by atoms with van der Waals surface area (Å²) in [7, 11) is -3.47. The summed E-state index contributed by atoms with van der Waals surface area (Å²) in [6, 6.07) is 20.6. The van der Waals surface area contributed by atoms with E-state index in [4.69, 9.17) is 4.98 Å². The van der Waals surface area contributed by atoms with Crippen LogP contribution in [0.3, 0.4) is 0 Å². The summed E-state index contributed by atoms with van der Waals surface area (Å²) in [5.41, 5.74) is 3.55. The Morgan fingerprint density at radius 2 is 1.65 bits per heavy atom. The van der Waals surface area contributed by atoms with Crippen LogP contribution < -0.4 is 9.44 Å². The second-order valence-corrected chi connectivity index (χ2v) is 12.8. The number of piperidine rings is 1. The number of hydrogen-bond acceptors (Lipinski definition) is 4. The molecular weight excluding hydrogens is 482 g/mol. The maximum Gasteiger partial charge on any atom is 0.277 e. The molecule has 2 aliphatic heterocycles. The van der Waals surface area contributed by atoms with Gasteiger partial charge in [0.25, 0.3) is 10.2 Å². The summed E-state index contributed by atoms with van der Waals surface area (Å²) < 4.78 is 33.4. The minimum atomic E-state index is -3.47. The Bertz CT molecular complexity index is 1310. The molecule has 1 aromatic heterocycles. The topological polar surface area (TPSA) is 79.3 Å². The van der Waals surface area contributed by atoms with Gasteiger partial charge in [0.15, 0.2) is 0 Å². The van der Waals surface area contributed by atoms with E-state index in [-0.39, 0.29) is 12.0 Å². The standard InChI is InChI=1S/C29H39N5O2S/c1-21-31-28-12-5-6-13-29(28)34(21)27-18-25-14-15-26(19-27)33(25)17-16-23(22-8-3-2-4-9-22)20-30-37(35,36)32-24-10-7-11-24/h2-6,8-9,12-13,23-27,30,32H,7,10-11,14-20H2,1H3/t23?,25-,26+,27?. The summed E-state index contributed by atoms with van der Waals surface area (Å²) in [5, 5.41) is 0. The van der Waals surface area contributed by atoms with Crippen LogP contribution in [-0.4, -0.2) is 54.1 Å². The smallest absolute Gasteiger partial charge is 0.277 e. The highest BCUT2D eigenvalue weighted by atomic mass is 32.2. The minimum absolute atomic E-state index is 0.0980. The molecule has 3 heterocycles. The molecule has 3 fully saturated rings. The highest BCUT2D eigenvalue weighted by Gasteiger charge is 2.41. The van der Waals surface area contributed by atoms with E-state index in [1.165, 1.54) is 23.9 Å². The lowest BCUT2D eigenvalue weighted by Crippen LogP contribution is -2.47. The number of imidazole rings is 1. The first-order valence-electron chi connectivity index (χ1n) is 14.0. The van der Waals surface area contributed by atoms with Gasteiger partial charge in [-0.05, 0) is 82.0 Å². The third kappa shape index (κ3) is 5.35. The SMILES string of the molecule is Cc1nc2ccccc2n1C1C[C@H]2CC[C@@H](C1)N2CCC(CNS(=O)(=O)NC1CCC1)c1ccccc1. The molecule has 3 aromatic rings. The fourth-order valence-electron chi connectivity index (χ4n) is 6.86. The molecule has 1 aliphatic carbocycles.